The minimum atomic E-state index is -0.278. The summed E-state index contributed by atoms with van der Waals surface area (Å²) in [6.07, 6.45) is 9.12. The van der Waals surface area contributed by atoms with E-state index in [9.17, 15) is 4.79 Å². The van der Waals surface area contributed by atoms with Crippen LogP contribution in [0.2, 0.25) is 0 Å². The zero-order valence-corrected chi connectivity index (χ0v) is 15.7. The number of rotatable bonds is 10. The van der Waals surface area contributed by atoms with E-state index in [0.29, 0.717) is 11.5 Å². The van der Waals surface area contributed by atoms with Gasteiger partial charge in [0.25, 0.3) is 0 Å². The molecule has 0 fully saturated rings. The lowest BCUT2D eigenvalue weighted by Gasteiger charge is -2.07. The SMILES string of the molecule is CCCCCCCCNc1ncnc2sc(C(=O)OCC)c(C)c12. The van der Waals surface area contributed by atoms with Crippen LogP contribution in [0.15, 0.2) is 6.33 Å². The van der Waals surface area contributed by atoms with E-state index in [0.717, 1.165) is 34.6 Å². The summed E-state index contributed by atoms with van der Waals surface area (Å²) in [5.74, 6) is 0.540. The summed E-state index contributed by atoms with van der Waals surface area (Å²) in [5, 5.41) is 4.35. The third-order valence-corrected chi connectivity index (χ3v) is 5.19. The van der Waals surface area contributed by atoms with Crippen molar-refractivity contribution in [3.8, 4) is 0 Å². The summed E-state index contributed by atoms with van der Waals surface area (Å²) in [6, 6.07) is 0. The van der Waals surface area contributed by atoms with Crippen LogP contribution >= 0.6 is 11.3 Å². The standard InChI is InChI=1S/C18H27N3O2S/c1-4-6-7-8-9-10-11-19-16-14-13(3)15(18(22)23-5-2)24-17(14)21-12-20-16/h12H,4-11H2,1-3H3,(H,19,20,21). The molecule has 5 nitrogen and oxygen atoms in total. The molecule has 0 aliphatic rings. The molecule has 2 aromatic heterocycles. The van der Waals surface area contributed by atoms with E-state index in [1.165, 1.54) is 43.4 Å². The molecule has 0 bridgehead atoms. The van der Waals surface area contributed by atoms with Gasteiger partial charge in [0.1, 0.15) is 21.9 Å². The molecular formula is C18H27N3O2S. The summed E-state index contributed by atoms with van der Waals surface area (Å²) in [5.41, 5.74) is 0.902. The van der Waals surface area contributed by atoms with E-state index in [1.807, 2.05) is 13.8 Å². The Kier molecular flexibility index (Phi) is 7.43. The quantitative estimate of drug-likeness (QED) is 0.486. The molecule has 0 amide bonds. The highest BCUT2D eigenvalue weighted by Gasteiger charge is 2.19. The number of nitrogens with zero attached hydrogens (tertiary/aromatic N) is 2. The van der Waals surface area contributed by atoms with Crippen molar-refractivity contribution in [2.24, 2.45) is 0 Å². The van der Waals surface area contributed by atoms with Crippen LogP contribution in [-0.2, 0) is 4.74 Å². The zero-order valence-electron chi connectivity index (χ0n) is 14.9. The van der Waals surface area contributed by atoms with Crippen molar-refractivity contribution in [1.29, 1.82) is 0 Å². The Morgan fingerprint density at radius 1 is 1.17 bits per heavy atom. The molecule has 0 aliphatic heterocycles. The minimum absolute atomic E-state index is 0.278. The molecule has 0 atom stereocenters. The van der Waals surface area contributed by atoms with Crippen LogP contribution < -0.4 is 5.32 Å². The Bertz CT molecular complexity index is 670. The summed E-state index contributed by atoms with van der Waals surface area (Å²) in [6.45, 7) is 7.25. The van der Waals surface area contributed by atoms with Crippen molar-refractivity contribution in [3.63, 3.8) is 0 Å². The molecule has 0 unspecified atom stereocenters. The summed E-state index contributed by atoms with van der Waals surface area (Å²) < 4.78 is 5.13. The molecule has 24 heavy (non-hydrogen) atoms. The number of hydrogen-bond donors (Lipinski definition) is 1. The first-order valence-electron chi connectivity index (χ1n) is 8.84. The van der Waals surface area contributed by atoms with Crippen LogP contribution in [0.3, 0.4) is 0 Å². The Balaban J connectivity index is 2.01. The molecule has 0 spiro atoms. The highest BCUT2D eigenvalue weighted by molar-refractivity contribution is 7.20. The lowest BCUT2D eigenvalue weighted by Crippen LogP contribution is -2.05. The van der Waals surface area contributed by atoms with E-state index < -0.39 is 0 Å². The van der Waals surface area contributed by atoms with Gasteiger partial charge in [0, 0.05) is 6.54 Å². The number of unbranched alkanes of at least 4 members (excludes halogenated alkanes) is 5. The van der Waals surface area contributed by atoms with Gasteiger partial charge in [0.05, 0.1) is 12.0 Å². The first-order valence-corrected chi connectivity index (χ1v) is 9.65. The average molecular weight is 350 g/mol. The number of carbonyl (C=O) groups excluding carboxylic acids is 1. The highest BCUT2D eigenvalue weighted by atomic mass is 32.1. The topological polar surface area (TPSA) is 64.1 Å². The second kappa shape index (κ2) is 9.57. The maximum absolute atomic E-state index is 12.1. The maximum Gasteiger partial charge on any atom is 0.348 e. The molecule has 6 heteroatoms. The fourth-order valence-electron chi connectivity index (χ4n) is 2.71. The second-order valence-corrected chi connectivity index (χ2v) is 6.87. The van der Waals surface area contributed by atoms with Crippen LogP contribution in [0.1, 0.15) is 67.6 Å². The van der Waals surface area contributed by atoms with Crippen LogP contribution in [0.5, 0.6) is 0 Å². The molecule has 2 heterocycles. The number of aromatic nitrogens is 2. The number of nitrogens with one attached hydrogen (secondary N) is 1. The monoisotopic (exact) mass is 349 g/mol. The van der Waals surface area contributed by atoms with Gasteiger partial charge in [-0.05, 0) is 25.8 Å². The summed E-state index contributed by atoms with van der Waals surface area (Å²) in [7, 11) is 0. The van der Waals surface area contributed by atoms with Gasteiger partial charge in [-0.1, -0.05) is 39.0 Å². The number of anilines is 1. The van der Waals surface area contributed by atoms with Crippen LogP contribution in [0.4, 0.5) is 5.82 Å². The molecule has 0 radical (unpaired) electrons. The first kappa shape index (κ1) is 18.6. The minimum Gasteiger partial charge on any atom is -0.462 e. The first-order chi connectivity index (χ1) is 11.7. The Morgan fingerprint density at radius 3 is 2.67 bits per heavy atom. The summed E-state index contributed by atoms with van der Waals surface area (Å²) >= 11 is 1.37. The van der Waals surface area contributed by atoms with Crippen molar-refractivity contribution in [2.75, 3.05) is 18.5 Å². The number of thiophene rings is 1. The van der Waals surface area contributed by atoms with Crippen molar-refractivity contribution < 1.29 is 9.53 Å². The maximum atomic E-state index is 12.1. The van der Waals surface area contributed by atoms with Crippen molar-refractivity contribution in [2.45, 2.75) is 59.3 Å². The third kappa shape index (κ3) is 4.66. The predicted molar refractivity (Wildman–Crippen MR) is 100.0 cm³/mol. The average Bonchev–Trinajstić information content (AvgIpc) is 2.92. The van der Waals surface area contributed by atoms with E-state index >= 15 is 0 Å². The van der Waals surface area contributed by atoms with Gasteiger partial charge in [-0.25, -0.2) is 14.8 Å². The Morgan fingerprint density at radius 2 is 1.92 bits per heavy atom. The largest absolute Gasteiger partial charge is 0.462 e. The normalized spacial score (nSPS) is 11.0. The molecule has 2 aromatic rings. The van der Waals surface area contributed by atoms with Crippen LogP contribution in [0.25, 0.3) is 10.2 Å². The number of carbonyl (C=O) groups is 1. The number of ether oxygens (including phenoxy) is 1. The van der Waals surface area contributed by atoms with E-state index in [1.54, 1.807) is 6.33 Å². The number of fused-ring (bicyclic) bond motifs is 1. The molecule has 0 saturated heterocycles. The van der Waals surface area contributed by atoms with Crippen LogP contribution in [-0.4, -0.2) is 29.1 Å². The molecule has 0 aliphatic carbocycles. The molecular weight excluding hydrogens is 322 g/mol. The predicted octanol–water partition coefficient (Wildman–Crippen LogP) is 4.95. The van der Waals surface area contributed by atoms with E-state index in [2.05, 4.69) is 22.2 Å². The van der Waals surface area contributed by atoms with Gasteiger partial charge >= 0.3 is 5.97 Å². The molecule has 132 valence electrons. The summed E-state index contributed by atoms with van der Waals surface area (Å²) in [4.78, 5) is 22.2. The number of aryl methyl sites for hydroxylation is 1. The van der Waals surface area contributed by atoms with Crippen molar-refractivity contribution >= 4 is 33.3 Å². The molecule has 2 rings (SSSR count). The van der Waals surface area contributed by atoms with Gasteiger partial charge in [0.2, 0.25) is 0 Å². The van der Waals surface area contributed by atoms with Crippen molar-refractivity contribution in [1.82, 2.24) is 9.97 Å². The smallest absolute Gasteiger partial charge is 0.348 e. The van der Waals surface area contributed by atoms with E-state index in [-0.39, 0.29) is 5.97 Å². The van der Waals surface area contributed by atoms with Gasteiger partial charge < -0.3 is 10.1 Å². The lowest BCUT2D eigenvalue weighted by atomic mass is 10.1. The second-order valence-electron chi connectivity index (χ2n) is 5.87. The lowest BCUT2D eigenvalue weighted by molar-refractivity contribution is 0.0531. The number of hydrogen-bond acceptors (Lipinski definition) is 6. The zero-order chi connectivity index (χ0) is 17.4. The van der Waals surface area contributed by atoms with Gasteiger partial charge in [-0.3, -0.25) is 0 Å². The van der Waals surface area contributed by atoms with Gasteiger partial charge in [0.15, 0.2) is 0 Å². The highest BCUT2D eigenvalue weighted by Crippen LogP contribution is 2.33. The third-order valence-electron chi connectivity index (χ3n) is 4.01. The Hall–Kier alpha value is -1.69. The molecule has 0 saturated carbocycles. The molecule has 0 aromatic carbocycles. The van der Waals surface area contributed by atoms with Crippen molar-refractivity contribution in [3.05, 3.63) is 16.8 Å². The van der Waals surface area contributed by atoms with Crippen LogP contribution in [0, 0.1) is 6.92 Å². The molecule has 1 N–H and O–H groups in total. The fourth-order valence-corrected chi connectivity index (χ4v) is 3.75. The van der Waals surface area contributed by atoms with E-state index in [4.69, 9.17) is 4.74 Å². The van der Waals surface area contributed by atoms with Gasteiger partial charge in [-0.15, -0.1) is 11.3 Å². The Labute approximate surface area is 147 Å². The fraction of sp³-hybridized carbons (Fsp3) is 0.611. The number of esters is 1. The van der Waals surface area contributed by atoms with Gasteiger partial charge in [-0.2, -0.15) is 0 Å².